The summed E-state index contributed by atoms with van der Waals surface area (Å²) in [7, 11) is -3.12. The van der Waals surface area contributed by atoms with Gasteiger partial charge in [-0.2, -0.15) is 0 Å². The fourth-order valence-electron chi connectivity index (χ4n) is 7.50. The summed E-state index contributed by atoms with van der Waals surface area (Å²) in [5.41, 5.74) is 1.92. The number of esters is 2. The van der Waals surface area contributed by atoms with Gasteiger partial charge in [-0.15, -0.1) is 11.3 Å². The lowest BCUT2D eigenvalue weighted by atomic mass is 9.95. The summed E-state index contributed by atoms with van der Waals surface area (Å²) in [5, 5.41) is 8.47. The fraction of sp³-hybridized carbons (Fsp3) is 0.419. The van der Waals surface area contributed by atoms with Gasteiger partial charge in [-0.1, -0.05) is 29.8 Å². The molecule has 3 aromatic heterocycles. The number of imidazole rings is 1. The Morgan fingerprint density at radius 2 is 1.86 bits per heavy atom. The molecule has 352 valence electrons. The second kappa shape index (κ2) is 20.6. The Labute approximate surface area is 387 Å². The molecule has 1 fully saturated rings. The number of benzene rings is 2. The number of alkyl halides is 2. The molecular weight excluding hydrogens is 926 g/mol. The number of thiazole rings is 1. The van der Waals surface area contributed by atoms with Crippen molar-refractivity contribution in [2.45, 2.75) is 77.4 Å². The Balaban J connectivity index is 1.09. The number of aliphatic imine (C=N–C) groups is 1. The molecular formula is C43H48ClF3N9O8PS. The largest absolute Gasteiger partial charge is 0.466 e. The van der Waals surface area contributed by atoms with Crippen molar-refractivity contribution in [3.8, 4) is 5.75 Å². The Kier molecular flexibility index (Phi) is 15.1. The SMILES string of the molecule is CCNc1ncnc2c1ncn2C[C@@H](C)OCP(=O)(Oc1ccc(C2CN(CC3=C(C(=O)OC)C(c4ccc(F)cc4Cl)N=C(c4nccs4)N3)CC2(F)F)cc1)OC(C)C(=O)OC(C)C. The van der Waals surface area contributed by atoms with Crippen LogP contribution in [0.5, 0.6) is 5.75 Å². The van der Waals surface area contributed by atoms with Gasteiger partial charge in [0.2, 0.25) is 0 Å². The quantitative estimate of drug-likeness (QED) is 0.0602. The van der Waals surface area contributed by atoms with Crippen molar-refractivity contribution in [2.75, 3.05) is 45.0 Å². The van der Waals surface area contributed by atoms with E-state index in [1.807, 2.05) is 6.92 Å². The zero-order valence-corrected chi connectivity index (χ0v) is 39.2. The molecule has 2 N–H and O–H groups in total. The van der Waals surface area contributed by atoms with Gasteiger partial charge >= 0.3 is 19.5 Å². The number of carbonyl (C=O) groups is 2. The van der Waals surface area contributed by atoms with Crippen LogP contribution in [0.15, 0.2) is 83.0 Å². The van der Waals surface area contributed by atoms with Crippen LogP contribution >= 0.6 is 30.5 Å². The lowest BCUT2D eigenvalue weighted by Gasteiger charge is -2.29. The van der Waals surface area contributed by atoms with Crippen molar-refractivity contribution in [1.82, 2.24) is 34.7 Å². The average molecular weight is 974 g/mol. The van der Waals surface area contributed by atoms with Crippen molar-refractivity contribution < 1.29 is 50.6 Å². The molecule has 66 heavy (non-hydrogen) atoms. The van der Waals surface area contributed by atoms with Crippen LogP contribution in [0.2, 0.25) is 5.02 Å². The van der Waals surface area contributed by atoms with Crippen molar-refractivity contribution in [3.63, 3.8) is 0 Å². The van der Waals surface area contributed by atoms with Gasteiger partial charge in [0.1, 0.15) is 29.5 Å². The number of nitrogens with one attached hydrogen (secondary N) is 2. The number of ether oxygens (including phenoxy) is 3. The van der Waals surface area contributed by atoms with Crippen LogP contribution in [0.1, 0.15) is 62.7 Å². The monoisotopic (exact) mass is 973 g/mol. The van der Waals surface area contributed by atoms with E-state index in [0.29, 0.717) is 34.1 Å². The number of rotatable bonds is 19. The van der Waals surface area contributed by atoms with E-state index < -0.39 is 74.4 Å². The summed E-state index contributed by atoms with van der Waals surface area (Å²) < 4.78 is 90.5. The van der Waals surface area contributed by atoms with Gasteiger partial charge < -0.3 is 33.9 Å². The predicted molar refractivity (Wildman–Crippen MR) is 240 cm³/mol. The molecule has 2 aliphatic rings. The van der Waals surface area contributed by atoms with E-state index in [1.54, 1.807) is 43.2 Å². The van der Waals surface area contributed by atoms with Crippen molar-refractivity contribution in [1.29, 1.82) is 0 Å². The van der Waals surface area contributed by atoms with Crippen LogP contribution in [0, 0.1) is 5.82 Å². The van der Waals surface area contributed by atoms with E-state index in [1.165, 1.54) is 73.0 Å². The van der Waals surface area contributed by atoms with Gasteiger partial charge in [-0.25, -0.2) is 47.3 Å². The number of nitrogens with zero attached hydrogens (tertiary/aromatic N) is 7. The van der Waals surface area contributed by atoms with Crippen molar-refractivity contribution >= 4 is 65.3 Å². The minimum absolute atomic E-state index is 0.00689. The summed E-state index contributed by atoms with van der Waals surface area (Å²) >= 11 is 7.74. The minimum Gasteiger partial charge on any atom is -0.466 e. The first-order chi connectivity index (χ1) is 31.5. The molecule has 2 aliphatic heterocycles. The number of hydrogen-bond donors (Lipinski definition) is 2. The maximum atomic E-state index is 16.1. The van der Waals surface area contributed by atoms with Crippen LogP contribution in [-0.4, -0.2) is 111 Å². The highest BCUT2D eigenvalue weighted by atomic mass is 35.5. The third-order valence-electron chi connectivity index (χ3n) is 10.4. The van der Waals surface area contributed by atoms with Crippen LogP contribution in [0.25, 0.3) is 11.2 Å². The number of fused-ring (bicyclic) bond motifs is 1. The smallest absolute Gasteiger partial charge is 0.405 e. The molecule has 0 spiro atoms. The maximum Gasteiger partial charge on any atom is 0.405 e. The van der Waals surface area contributed by atoms with Gasteiger partial charge in [0, 0.05) is 47.5 Å². The van der Waals surface area contributed by atoms with E-state index in [9.17, 15) is 18.5 Å². The topological polar surface area (TPSA) is 194 Å². The van der Waals surface area contributed by atoms with Crippen LogP contribution < -0.4 is 15.2 Å². The fourth-order valence-corrected chi connectivity index (χ4v) is 9.96. The molecule has 0 saturated carbocycles. The van der Waals surface area contributed by atoms with Crippen molar-refractivity contribution in [3.05, 3.63) is 105 Å². The normalized spacial score (nSPS) is 19.2. The Morgan fingerprint density at radius 3 is 2.55 bits per heavy atom. The van der Waals surface area contributed by atoms with Crippen LogP contribution in [-0.2, 0) is 39.4 Å². The van der Waals surface area contributed by atoms with Gasteiger partial charge in [0.15, 0.2) is 34.8 Å². The Morgan fingerprint density at radius 1 is 1.09 bits per heavy atom. The minimum atomic E-state index is -4.30. The first-order valence-electron chi connectivity index (χ1n) is 20.9. The lowest BCUT2D eigenvalue weighted by Crippen LogP contribution is -2.39. The molecule has 0 radical (unpaired) electrons. The standard InChI is InChI=1S/C43H48ClF3N9O8PS/c1-7-48-37-36-39(51-21-50-37)56(22-52-36)17-25(4)61-23-65(59,63-26(5)41(57)62-24(2)3)64-29-11-8-27(9-12-29)31-18-55(20-43(31,46)47)19-33-34(42(58)60-6)35(30-13-10-28(45)16-32(30)44)54-38(53-33)40-49-14-15-66-40/h8-16,21-22,24-26,31,35H,7,17-20,23H2,1-6H3,(H,53,54)(H,48,50,51)/t25-,26?,31?,35?,65?/m1/s1. The zero-order chi connectivity index (χ0) is 47.3. The zero-order valence-electron chi connectivity index (χ0n) is 36.7. The van der Waals surface area contributed by atoms with E-state index in [0.717, 1.165) is 6.07 Å². The molecule has 0 amide bonds. The summed E-state index contributed by atoms with van der Waals surface area (Å²) in [6.45, 7) is 8.26. The molecule has 5 atom stereocenters. The highest BCUT2D eigenvalue weighted by Gasteiger charge is 2.49. The molecule has 4 unspecified atom stereocenters. The third-order valence-corrected chi connectivity index (χ3v) is 13.1. The molecule has 5 aromatic rings. The summed E-state index contributed by atoms with van der Waals surface area (Å²) in [4.78, 5) is 49.7. The number of methoxy groups -OCH3 is 1. The second-order valence-electron chi connectivity index (χ2n) is 15.8. The predicted octanol–water partition coefficient (Wildman–Crippen LogP) is 7.75. The van der Waals surface area contributed by atoms with Gasteiger partial charge in [-0.05, 0) is 64.4 Å². The van der Waals surface area contributed by atoms with E-state index in [4.69, 9.17) is 39.9 Å². The van der Waals surface area contributed by atoms with Crippen LogP contribution in [0.3, 0.4) is 0 Å². The number of carbonyl (C=O) groups excluding carboxylic acids is 2. The number of hydrogen-bond acceptors (Lipinski definition) is 17. The highest BCUT2D eigenvalue weighted by molar-refractivity contribution is 7.54. The summed E-state index contributed by atoms with van der Waals surface area (Å²) in [6, 6.07) is 8.27. The summed E-state index contributed by atoms with van der Waals surface area (Å²) in [5.74, 6) is -5.86. The Bertz CT molecular complexity index is 2660. The third kappa shape index (κ3) is 11.2. The van der Waals surface area contributed by atoms with Gasteiger partial charge in [0.05, 0.1) is 50.2 Å². The lowest BCUT2D eigenvalue weighted by molar-refractivity contribution is -0.155. The average Bonchev–Trinajstić information content (AvgIpc) is 4.02. The molecule has 7 rings (SSSR count). The molecule has 0 bridgehead atoms. The first kappa shape index (κ1) is 48.5. The number of amidine groups is 1. The van der Waals surface area contributed by atoms with Gasteiger partial charge in [0.25, 0.3) is 5.92 Å². The molecule has 23 heteroatoms. The summed E-state index contributed by atoms with van der Waals surface area (Å²) in [6.07, 6.45) is 1.60. The molecule has 2 aromatic carbocycles. The molecule has 17 nitrogen and oxygen atoms in total. The number of aromatic nitrogens is 5. The van der Waals surface area contributed by atoms with Crippen molar-refractivity contribution in [2.24, 2.45) is 4.99 Å². The van der Waals surface area contributed by atoms with Gasteiger partial charge in [-0.3, -0.25) is 14.4 Å². The maximum absolute atomic E-state index is 16.1. The highest BCUT2D eigenvalue weighted by Crippen LogP contribution is 2.50. The molecule has 1 saturated heterocycles. The van der Waals surface area contributed by atoms with Crippen LogP contribution in [0.4, 0.5) is 19.0 Å². The van der Waals surface area contributed by atoms with E-state index in [-0.39, 0.29) is 53.1 Å². The Hall–Kier alpha value is -5.44. The van der Waals surface area contributed by atoms with E-state index in [2.05, 4.69) is 30.6 Å². The number of likely N-dealkylation sites (tertiary alicyclic amines) is 1. The molecule has 0 aliphatic carbocycles. The first-order valence-corrected chi connectivity index (χ1v) is 23.9. The molecule has 5 heterocycles. The number of halogens is 4. The number of anilines is 1. The second-order valence-corrected chi connectivity index (χ2v) is 19.0. The van der Waals surface area contributed by atoms with E-state index >= 15 is 8.78 Å².